The van der Waals surface area contributed by atoms with Gasteiger partial charge in [0.15, 0.2) is 0 Å². The molecule has 0 unspecified atom stereocenters. The van der Waals surface area contributed by atoms with Gasteiger partial charge in [-0.3, -0.25) is 4.93 Å². The molecule has 0 aliphatic heterocycles. The van der Waals surface area contributed by atoms with Gasteiger partial charge in [0, 0.05) is 47.8 Å². The van der Waals surface area contributed by atoms with Crippen LogP contribution in [0.2, 0.25) is 19.0 Å². The molecule has 0 heterocycles. The third kappa shape index (κ3) is 26.7. The van der Waals surface area contributed by atoms with Gasteiger partial charge in [-0.15, -0.1) is 24.0 Å². The maximum Gasteiger partial charge on any atom is 0.369 e. The molecule has 0 saturated heterocycles. The smallest absolute Gasteiger partial charge is 0.369 e. The zero-order chi connectivity index (χ0) is 34.5. The minimum Gasteiger partial charge on any atom is -0.563 e. The van der Waals surface area contributed by atoms with Crippen LogP contribution in [0.1, 0.15) is 28.2 Å². The summed E-state index contributed by atoms with van der Waals surface area (Å²) in [6.07, 6.45) is 2.38. The summed E-state index contributed by atoms with van der Waals surface area (Å²) >= 11 is 1.90. The SMILES string of the molecule is C.CC[B]Oc1ccc(S(=O)(=O)Cl)cc1.CC[B]Oc1ccc(S(=O)(=O)NC)cc1.CC[B]Oc1ccc(S(N)(=O)=O)cc1.I.[CH2-]I.[CH3-].[V].[V]. The van der Waals surface area contributed by atoms with E-state index in [1.165, 1.54) is 43.4 Å². The van der Waals surface area contributed by atoms with E-state index in [1.807, 2.05) is 43.4 Å². The molecule has 0 fully saturated rings. The molecule has 0 spiro atoms. The van der Waals surface area contributed by atoms with Crippen molar-refractivity contribution in [1.29, 1.82) is 0 Å². The van der Waals surface area contributed by atoms with Crippen molar-refractivity contribution >= 4 is 109 Å². The van der Waals surface area contributed by atoms with Gasteiger partial charge in [0.05, 0.1) is 31.9 Å². The second-order valence-electron chi connectivity index (χ2n) is 8.18. The van der Waals surface area contributed by atoms with E-state index in [-0.39, 0.29) is 90.6 Å². The monoisotopic (exact) mass is 1070 g/mol. The van der Waals surface area contributed by atoms with Crippen LogP contribution in [0.15, 0.2) is 87.5 Å². The summed E-state index contributed by atoms with van der Waals surface area (Å²) < 4.78 is 84.0. The van der Waals surface area contributed by atoms with Crippen LogP contribution in [0.4, 0.5) is 0 Å². The summed E-state index contributed by atoms with van der Waals surface area (Å²) in [6.45, 7) is 5.84. The molecule has 279 valence electrons. The molecule has 3 rings (SSSR count). The van der Waals surface area contributed by atoms with Crippen LogP contribution in [0.3, 0.4) is 0 Å². The Morgan fingerprint density at radius 3 is 1.14 bits per heavy atom. The second-order valence-corrected chi connectivity index (χ2v) is 14.2. The van der Waals surface area contributed by atoms with Crippen molar-refractivity contribution in [2.45, 2.75) is 61.8 Å². The van der Waals surface area contributed by atoms with Crippen molar-refractivity contribution in [3.8, 4) is 17.2 Å². The third-order valence-corrected chi connectivity index (χ3v) is 8.55. The number of rotatable bonds is 13. The Bertz CT molecular complexity index is 1510. The minimum absolute atomic E-state index is 0. The second kappa shape index (κ2) is 33.5. The first-order valence-electron chi connectivity index (χ1n) is 13.1. The van der Waals surface area contributed by atoms with Gasteiger partial charge in [-0.05, 0) is 98.8 Å². The molecular formula is C28H43B3ClI2N2O9S3V2-2. The van der Waals surface area contributed by atoms with E-state index in [0.29, 0.717) is 17.2 Å². The zero-order valence-corrected chi connectivity index (χ0v) is 38.0. The Labute approximate surface area is 362 Å². The number of nitrogens with two attached hydrogens (primary N) is 1. The quantitative estimate of drug-likeness (QED) is 0.0814. The zero-order valence-electron chi connectivity index (χ0n) is 27.5. The Morgan fingerprint density at radius 2 is 0.920 bits per heavy atom. The molecule has 3 aromatic carbocycles. The Morgan fingerprint density at radius 1 is 0.660 bits per heavy atom. The van der Waals surface area contributed by atoms with Crippen LogP contribution in [0.25, 0.3) is 0 Å². The Balaban J connectivity index is -0.000000135. The maximum absolute atomic E-state index is 11.4. The number of primary sulfonamides is 1. The molecule has 0 atom stereocenters. The van der Waals surface area contributed by atoms with Gasteiger partial charge >= 0.3 is 22.4 Å². The number of nitrogens with one attached hydrogen (secondary N) is 1. The number of benzene rings is 3. The van der Waals surface area contributed by atoms with Crippen LogP contribution >= 0.6 is 57.2 Å². The number of halogens is 3. The van der Waals surface area contributed by atoms with Crippen molar-refractivity contribution in [1.82, 2.24) is 4.72 Å². The fraction of sp³-hybridized carbons (Fsp3) is 0.286. The first-order valence-corrected chi connectivity index (χ1v) is 20.0. The average Bonchev–Trinajstić information content (AvgIpc) is 3.03. The summed E-state index contributed by atoms with van der Waals surface area (Å²) in [4.78, 5) is 3.61. The van der Waals surface area contributed by atoms with Crippen LogP contribution in [0.5, 0.6) is 17.2 Å². The van der Waals surface area contributed by atoms with Gasteiger partial charge in [-0.25, -0.2) is 35.1 Å². The molecule has 0 saturated carbocycles. The molecule has 11 nitrogen and oxygen atoms in total. The van der Waals surface area contributed by atoms with Crippen LogP contribution in [0, 0.1) is 12.4 Å². The van der Waals surface area contributed by atoms with Gasteiger partial charge in [-0.1, -0.05) is 28.2 Å². The molecule has 0 bridgehead atoms. The predicted molar refractivity (Wildman–Crippen MR) is 219 cm³/mol. The molecule has 3 N–H and O–H groups in total. The standard InChI is InChI=1S/C9H13BNO3S.C8H9BClO3S.C8H11BNO3S.CH2I.CH4.CH3.HI.2V/c1-3-10-14-8-4-6-9(7-5-8)15(12,13)11-2;2*1-2-9-13-7-3-5-8(6-4-7)14(10,11)12;1-2;;;;;/h4-7,11H,3H2,1-2H3;3-6H,2H2,1H3;3-6H,2H2,1H3,(H2,10,11,12);1H2;1H4;1H3;1H;;/q;;;-1;;-1;;;. The fourth-order valence-electron chi connectivity index (χ4n) is 2.74. The maximum atomic E-state index is 11.4. The molecule has 0 aliphatic carbocycles. The molecule has 22 heteroatoms. The van der Waals surface area contributed by atoms with Crippen molar-refractivity contribution in [3.63, 3.8) is 0 Å². The van der Waals surface area contributed by atoms with Crippen molar-refractivity contribution < 1.29 is 76.3 Å². The third-order valence-electron chi connectivity index (χ3n) is 4.82. The van der Waals surface area contributed by atoms with E-state index in [4.69, 9.17) is 29.8 Å². The summed E-state index contributed by atoms with van der Waals surface area (Å²) in [5.74, 6) is 1.82. The first-order chi connectivity index (χ1) is 21.2. The molecule has 0 aromatic heterocycles. The molecule has 0 aliphatic rings. The van der Waals surface area contributed by atoms with Gasteiger partial charge in [0.1, 0.15) is 0 Å². The first kappa shape index (κ1) is 62.0. The molecule has 3 aromatic rings. The fourth-order valence-corrected chi connectivity index (χ4v) is 4.76. The number of hydrogen-bond donors (Lipinski definition) is 2. The van der Waals surface area contributed by atoms with E-state index in [9.17, 15) is 25.3 Å². The number of sulfonamides is 2. The molecule has 50 heavy (non-hydrogen) atoms. The van der Waals surface area contributed by atoms with Gasteiger partial charge in [-0.2, -0.15) is 0 Å². The van der Waals surface area contributed by atoms with Crippen LogP contribution < -0.4 is 23.8 Å². The minimum atomic E-state index is -3.63. The van der Waals surface area contributed by atoms with Gasteiger partial charge in [0.2, 0.25) is 20.0 Å². The van der Waals surface area contributed by atoms with Crippen molar-refractivity contribution in [2.75, 3.05) is 7.05 Å². The Kier molecular flexibility index (Phi) is 41.5. The van der Waals surface area contributed by atoms with Crippen molar-refractivity contribution in [3.05, 3.63) is 85.2 Å². The summed E-state index contributed by atoms with van der Waals surface area (Å²) in [7, 11) is 0.842. The van der Waals surface area contributed by atoms with Crippen LogP contribution in [-0.2, 0) is 66.2 Å². The Hall–Kier alpha value is -0.0564. The van der Waals surface area contributed by atoms with Gasteiger partial charge in [0.25, 0.3) is 9.05 Å². The van der Waals surface area contributed by atoms with Gasteiger partial charge < -0.3 is 44.0 Å². The molecule has 0 amide bonds. The largest absolute Gasteiger partial charge is 0.563 e. The van der Waals surface area contributed by atoms with Crippen LogP contribution in [-0.4, -0.2) is 54.7 Å². The van der Waals surface area contributed by atoms with E-state index >= 15 is 0 Å². The van der Waals surface area contributed by atoms with E-state index < -0.39 is 29.1 Å². The normalized spacial score (nSPS) is 9.60. The van der Waals surface area contributed by atoms with E-state index in [2.05, 4.69) is 9.65 Å². The summed E-state index contributed by atoms with van der Waals surface area (Å²) in [5.41, 5.74) is 0. The topological polar surface area (TPSA) is 168 Å². The molecular weight excluding hydrogens is 1030 g/mol. The summed E-state index contributed by atoms with van der Waals surface area (Å²) in [6, 6.07) is 18.1. The average molecular weight is 1070 g/mol. The van der Waals surface area contributed by atoms with E-state index in [0.717, 1.165) is 19.0 Å². The number of hydrogen-bond acceptors (Lipinski definition) is 9. The predicted octanol–water partition coefficient (Wildman–Crippen LogP) is 6.76. The van der Waals surface area contributed by atoms with Crippen molar-refractivity contribution in [2.24, 2.45) is 5.14 Å². The van der Waals surface area contributed by atoms with E-state index in [1.54, 1.807) is 58.8 Å². The summed E-state index contributed by atoms with van der Waals surface area (Å²) in [5, 5.41) is 4.93. The molecule has 5 radical (unpaired) electrons.